The Balaban J connectivity index is 1.95. The standard InChI is InChI=1S/C16H22N2O6S/c1-11(2)5-8-17-15(19)12-6-9-18(10-7-12)25(22,23)14-4-3-13(24-14)16(20)21/h3-5,12H,6-10H2,1-2H3,(H,17,19)(H,20,21). The topological polar surface area (TPSA) is 117 Å². The second-order valence-electron chi connectivity index (χ2n) is 6.13. The lowest BCUT2D eigenvalue weighted by molar-refractivity contribution is -0.125. The maximum atomic E-state index is 12.5. The van der Waals surface area contributed by atoms with Crippen molar-refractivity contribution >= 4 is 21.9 Å². The lowest BCUT2D eigenvalue weighted by atomic mass is 9.97. The number of carboxylic acid groups (broad SMARTS) is 1. The van der Waals surface area contributed by atoms with Gasteiger partial charge in [0.15, 0.2) is 0 Å². The molecule has 1 aliphatic rings. The first-order chi connectivity index (χ1) is 11.7. The van der Waals surface area contributed by atoms with Crippen LogP contribution in [0.15, 0.2) is 33.3 Å². The highest BCUT2D eigenvalue weighted by atomic mass is 32.2. The Hall–Kier alpha value is -2.13. The van der Waals surface area contributed by atoms with E-state index in [1.165, 1.54) is 4.31 Å². The summed E-state index contributed by atoms with van der Waals surface area (Å²) in [6.45, 7) is 4.72. The molecule has 1 aromatic heterocycles. The summed E-state index contributed by atoms with van der Waals surface area (Å²) in [5.74, 6) is -2.07. The van der Waals surface area contributed by atoms with E-state index in [1.54, 1.807) is 0 Å². The summed E-state index contributed by atoms with van der Waals surface area (Å²) < 4.78 is 31.1. The second-order valence-corrected chi connectivity index (χ2v) is 8.00. The number of sulfonamides is 1. The summed E-state index contributed by atoms with van der Waals surface area (Å²) in [6, 6.07) is 2.25. The lowest BCUT2D eigenvalue weighted by Crippen LogP contribution is -2.43. The highest BCUT2D eigenvalue weighted by molar-refractivity contribution is 7.89. The third-order valence-electron chi connectivity index (χ3n) is 4.00. The number of hydrogen-bond acceptors (Lipinski definition) is 5. The summed E-state index contributed by atoms with van der Waals surface area (Å²) in [7, 11) is -3.89. The molecule has 2 heterocycles. The molecule has 0 unspecified atom stereocenters. The molecule has 9 heteroatoms. The van der Waals surface area contributed by atoms with Crippen LogP contribution in [0.1, 0.15) is 37.2 Å². The van der Waals surface area contributed by atoms with Gasteiger partial charge in [-0.1, -0.05) is 11.6 Å². The first-order valence-corrected chi connectivity index (χ1v) is 9.40. The van der Waals surface area contributed by atoms with Gasteiger partial charge >= 0.3 is 5.97 Å². The predicted molar refractivity (Wildman–Crippen MR) is 89.6 cm³/mol. The number of rotatable bonds is 6. The van der Waals surface area contributed by atoms with E-state index in [4.69, 9.17) is 9.52 Å². The molecule has 2 N–H and O–H groups in total. The van der Waals surface area contributed by atoms with Crippen molar-refractivity contribution < 1.29 is 27.5 Å². The summed E-state index contributed by atoms with van der Waals surface area (Å²) in [5, 5.41) is 11.2. The molecular formula is C16H22N2O6S. The van der Waals surface area contributed by atoms with Crippen molar-refractivity contribution in [2.75, 3.05) is 19.6 Å². The summed E-state index contributed by atoms with van der Waals surface area (Å²) in [5.41, 5.74) is 1.11. The average molecular weight is 370 g/mol. The molecule has 0 aromatic carbocycles. The van der Waals surface area contributed by atoms with Gasteiger partial charge < -0.3 is 14.8 Å². The highest BCUT2D eigenvalue weighted by Gasteiger charge is 2.34. The van der Waals surface area contributed by atoms with Crippen LogP contribution in [0, 0.1) is 5.92 Å². The molecule has 25 heavy (non-hydrogen) atoms. The van der Waals surface area contributed by atoms with Crippen LogP contribution >= 0.6 is 0 Å². The second kappa shape index (κ2) is 7.83. The Morgan fingerprint density at radius 1 is 1.32 bits per heavy atom. The minimum atomic E-state index is -3.89. The predicted octanol–water partition coefficient (Wildman–Crippen LogP) is 1.46. The molecule has 1 saturated heterocycles. The van der Waals surface area contributed by atoms with Crippen LogP contribution in [0.5, 0.6) is 0 Å². The van der Waals surface area contributed by atoms with Crippen molar-refractivity contribution in [3.8, 4) is 0 Å². The van der Waals surface area contributed by atoms with E-state index >= 15 is 0 Å². The van der Waals surface area contributed by atoms with E-state index in [2.05, 4.69) is 5.32 Å². The number of furan rings is 1. The minimum Gasteiger partial charge on any atom is -0.475 e. The molecule has 0 spiro atoms. The third-order valence-corrected chi connectivity index (χ3v) is 5.77. The SMILES string of the molecule is CC(C)=CCNC(=O)C1CCN(S(=O)(=O)c2ccc(C(=O)O)o2)CC1. The van der Waals surface area contributed by atoms with Crippen LogP contribution in [0.2, 0.25) is 0 Å². The molecule has 1 aliphatic heterocycles. The number of allylic oxidation sites excluding steroid dienone is 1. The van der Waals surface area contributed by atoms with Crippen molar-refractivity contribution in [1.82, 2.24) is 9.62 Å². The Kier molecular flexibility index (Phi) is 6.02. The highest BCUT2D eigenvalue weighted by Crippen LogP contribution is 2.25. The van der Waals surface area contributed by atoms with Crippen LogP contribution in [-0.2, 0) is 14.8 Å². The minimum absolute atomic E-state index is 0.0827. The van der Waals surface area contributed by atoms with Gasteiger partial charge in [0, 0.05) is 25.6 Å². The first kappa shape index (κ1) is 19.2. The van der Waals surface area contributed by atoms with E-state index in [9.17, 15) is 18.0 Å². The zero-order valence-electron chi connectivity index (χ0n) is 14.2. The third kappa shape index (κ3) is 4.70. The van der Waals surface area contributed by atoms with Gasteiger partial charge in [0.05, 0.1) is 0 Å². The number of aromatic carboxylic acids is 1. The average Bonchev–Trinajstić information content (AvgIpc) is 3.05. The molecule has 0 bridgehead atoms. The van der Waals surface area contributed by atoms with Crippen LogP contribution in [0.3, 0.4) is 0 Å². The van der Waals surface area contributed by atoms with Crippen molar-refractivity contribution in [3.63, 3.8) is 0 Å². The number of amides is 1. The van der Waals surface area contributed by atoms with Crippen LogP contribution in [0.4, 0.5) is 0 Å². The summed E-state index contributed by atoms with van der Waals surface area (Å²) in [4.78, 5) is 22.9. The Bertz CT molecular complexity index is 768. The first-order valence-electron chi connectivity index (χ1n) is 7.96. The molecular weight excluding hydrogens is 348 g/mol. The normalized spacial score (nSPS) is 16.4. The van der Waals surface area contributed by atoms with Crippen LogP contribution in [-0.4, -0.2) is 49.3 Å². The number of carboxylic acids is 1. The Labute approximate surface area is 146 Å². The zero-order valence-corrected chi connectivity index (χ0v) is 15.0. The van der Waals surface area contributed by atoms with Crippen molar-refractivity contribution in [2.45, 2.75) is 31.8 Å². The van der Waals surface area contributed by atoms with Crippen molar-refractivity contribution in [2.24, 2.45) is 5.92 Å². The zero-order chi connectivity index (χ0) is 18.6. The summed E-state index contributed by atoms with van der Waals surface area (Å²) >= 11 is 0. The van der Waals surface area contributed by atoms with Gasteiger partial charge in [-0.25, -0.2) is 13.2 Å². The van der Waals surface area contributed by atoms with Gasteiger partial charge in [-0.2, -0.15) is 4.31 Å². The molecule has 0 radical (unpaired) electrons. The molecule has 2 rings (SSSR count). The van der Waals surface area contributed by atoms with E-state index in [0.717, 1.165) is 17.7 Å². The quantitative estimate of drug-likeness (QED) is 0.732. The molecule has 0 atom stereocenters. The van der Waals surface area contributed by atoms with Gasteiger partial charge in [-0.15, -0.1) is 0 Å². The van der Waals surface area contributed by atoms with Crippen LogP contribution in [0.25, 0.3) is 0 Å². The van der Waals surface area contributed by atoms with Gasteiger partial charge in [-0.05, 0) is 38.8 Å². The maximum Gasteiger partial charge on any atom is 0.371 e. The smallest absolute Gasteiger partial charge is 0.371 e. The molecule has 1 aromatic rings. The fourth-order valence-corrected chi connectivity index (χ4v) is 3.94. The van der Waals surface area contributed by atoms with E-state index < -0.39 is 26.8 Å². The number of carbonyl (C=O) groups is 2. The largest absolute Gasteiger partial charge is 0.475 e. The van der Waals surface area contributed by atoms with Gasteiger partial charge in [-0.3, -0.25) is 4.79 Å². The van der Waals surface area contributed by atoms with Gasteiger partial charge in [0.25, 0.3) is 10.0 Å². The Morgan fingerprint density at radius 2 is 1.96 bits per heavy atom. The Morgan fingerprint density at radius 3 is 2.48 bits per heavy atom. The molecule has 0 aliphatic carbocycles. The number of carbonyl (C=O) groups excluding carboxylic acids is 1. The summed E-state index contributed by atoms with van der Waals surface area (Å²) in [6.07, 6.45) is 2.73. The molecule has 0 saturated carbocycles. The number of nitrogens with zero attached hydrogens (tertiary/aromatic N) is 1. The fraction of sp³-hybridized carbons (Fsp3) is 0.500. The van der Waals surface area contributed by atoms with E-state index in [-0.39, 0.29) is 24.9 Å². The number of hydrogen-bond donors (Lipinski definition) is 2. The molecule has 138 valence electrons. The lowest BCUT2D eigenvalue weighted by Gasteiger charge is -2.29. The van der Waals surface area contributed by atoms with E-state index in [1.807, 2.05) is 19.9 Å². The van der Waals surface area contributed by atoms with Crippen LogP contribution < -0.4 is 5.32 Å². The monoisotopic (exact) mass is 370 g/mol. The van der Waals surface area contributed by atoms with Gasteiger partial charge in [0.2, 0.25) is 16.8 Å². The molecule has 8 nitrogen and oxygen atoms in total. The van der Waals surface area contributed by atoms with E-state index in [0.29, 0.717) is 19.4 Å². The number of nitrogens with one attached hydrogen (secondary N) is 1. The van der Waals surface area contributed by atoms with Gasteiger partial charge in [0.1, 0.15) is 0 Å². The molecule has 1 fully saturated rings. The maximum absolute atomic E-state index is 12.5. The van der Waals surface area contributed by atoms with Crippen molar-refractivity contribution in [1.29, 1.82) is 0 Å². The van der Waals surface area contributed by atoms with Crippen molar-refractivity contribution in [3.05, 3.63) is 29.5 Å². The number of piperidine rings is 1. The molecule has 1 amide bonds. The fourth-order valence-electron chi connectivity index (χ4n) is 2.56.